The third-order valence-electron chi connectivity index (χ3n) is 5.52. The summed E-state index contributed by atoms with van der Waals surface area (Å²) in [5.74, 6) is 0. The van der Waals surface area contributed by atoms with Crippen molar-refractivity contribution in [3.05, 3.63) is 76.2 Å². The van der Waals surface area contributed by atoms with E-state index in [2.05, 4.69) is 76.5 Å². The van der Waals surface area contributed by atoms with Gasteiger partial charge in [0, 0.05) is 60.0 Å². The Morgan fingerprint density at radius 3 is 2.74 bits per heavy atom. The van der Waals surface area contributed by atoms with Gasteiger partial charge >= 0.3 is 0 Å². The maximum atomic E-state index is 4.88. The second-order valence-electron chi connectivity index (χ2n) is 7.32. The third kappa shape index (κ3) is 3.09. The molecule has 0 atom stereocenters. The Hall–Kier alpha value is -2.43. The fourth-order valence-electron chi connectivity index (χ4n) is 4.17. The van der Waals surface area contributed by atoms with Crippen LogP contribution in [0.5, 0.6) is 0 Å². The highest BCUT2D eigenvalue weighted by Crippen LogP contribution is 2.31. The summed E-state index contributed by atoms with van der Waals surface area (Å²) < 4.78 is 2.54. The molecule has 0 spiro atoms. The van der Waals surface area contributed by atoms with Crippen LogP contribution in [0.4, 0.5) is 0 Å². The van der Waals surface area contributed by atoms with Gasteiger partial charge in [-0.1, -0.05) is 48.5 Å². The minimum absolute atomic E-state index is 0.985. The molecule has 1 aliphatic heterocycles. The number of benzene rings is 2. The maximum absolute atomic E-state index is 4.88. The Bertz CT molecular complexity index is 1080. The average molecular weight is 374 g/mol. The first-order valence-corrected chi connectivity index (χ1v) is 10.4. The Balaban J connectivity index is 1.44. The van der Waals surface area contributed by atoms with Gasteiger partial charge in [0.15, 0.2) is 0 Å². The summed E-state index contributed by atoms with van der Waals surface area (Å²) >= 11 is 1.78. The molecule has 4 heteroatoms. The molecule has 0 unspecified atom stereocenters. The topological polar surface area (TPSA) is 21.1 Å². The van der Waals surface area contributed by atoms with Crippen LogP contribution >= 0.6 is 11.3 Å². The zero-order valence-corrected chi connectivity index (χ0v) is 16.4. The third-order valence-corrected chi connectivity index (χ3v) is 6.43. The molecule has 136 valence electrons. The van der Waals surface area contributed by atoms with Crippen molar-refractivity contribution < 1.29 is 0 Å². The monoisotopic (exact) mass is 373 g/mol. The quantitative estimate of drug-likeness (QED) is 0.502. The molecule has 4 aromatic rings. The fraction of sp³-hybridized carbons (Fsp3) is 0.261. The van der Waals surface area contributed by atoms with Crippen molar-refractivity contribution in [1.29, 1.82) is 0 Å². The number of para-hydroxylation sites is 1. The van der Waals surface area contributed by atoms with E-state index in [1.807, 2.05) is 0 Å². The highest BCUT2D eigenvalue weighted by atomic mass is 32.1. The Morgan fingerprint density at radius 2 is 1.85 bits per heavy atom. The first-order chi connectivity index (χ1) is 13.3. The predicted molar refractivity (Wildman–Crippen MR) is 113 cm³/mol. The second kappa shape index (κ2) is 6.95. The molecule has 27 heavy (non-hydrogen) atoms. The lowest BCUT2D eigenvalue weighted by Gasteiger charge is -2.24. The number of likely N-dealkylation sites (N-methyl/N-ethyl adjacent to an activating group) is 1. The van der Waals surface area contributed by atoms with Gasteiger partial charge in [-0.25, -0.2) is 4.98 Å². The minimum atomic E-state index is 0.985. The van der Waals surface area contributed by atoms with Crippen LogP contribution in [0.3, 0.4) is 0 Å². The molecule has 0 fully saturated rings. The number of rotatable bonds is 4. The molecule has 0 radical (unpaired) electrons. The van der Waals surface area contributed by atoms with E-state index in [4.69, 9.17) is 4.98 Å². The van der Waals surface area contributed by atoms with Crippen LogP contribution in [0.15, 0.2) is 60.0 Å². The number of thiazole rings is 1. The largest absolute Gasteiger partial charge is 0.344 e. The molecular formula is C23H23N3S. The first kappa shape index (κ1) is 16.7. The van der Waals surface area contributed by atoms with Crippen LogP contribution in [0.1, 0.15) is 16.3 Å². The van der Waals surface area contributed by atoms with E-state index in [9.17, 15) is 0 Å². The van der Waals surface area contributed by atoms with Crippen molar-refractivity contribution in [1.82, 2.24) is 14.5 Å². The van der Waals surface area contributed by atoms with Gasteiger partial charge in [-0.3, -0.25) is 0 Å². The Morgan fingerprint density at radius 1 is 1.04 bits per heavy atom. The van der Waals surface area contributed by atoms with Crippen LogP contribution in [-0.2, 0) is 25.9 Å². The van der Waals surface area contributed by atoms with Crippen molar-refractivity contribution in [2.24, 2.45) is 0 Å². The van der Waals surface area contributed by atoms with Crippen LogP contribution in [-0.4, -0.2) is 28.0 Å². The van der Waals surface area contributed by atoms with Gasteiger partial charge in [0.2, 0.25) is 0 Å². The molecule has 0 saturated heterocycles. The van der Waals surface area contributed by atoms with E-state index in [0.717, 1.165) is 38.2 Å². The van der Waals surface area contributed by atoms with Crippen molar-refractivity contribution in [3.8, 4) is 11.3 Å². The second-order valence-corrected chi connectivity index (χ2v) is 8.27. The molecule has 2 aromatic carbocycles. The van der Waals surface area contributed by atoms with E-state index >= 15 is 0 Å². The van der Waals surface area contributed by atoms with Crippen LogP contribution < -0.4 is 0 Å². The SMILES string of the molecule is CN1CCc2c(c3ccccc3n2CCc2nc(-c3ccccc3)cs2)C1. The van der Waals surface area contributed by atoms with E-state index in [1.165, 1.54) is 32.7 Å². The van der Waals surface area contributed by atoms with Gasteiger partial charge in [0.05, 0.1) is 10.7 Å². The summed E-state index contributed by atoms with van der Waals surface area (Å²) in [5.41, 5.74) is 6.71. The lowest BCUT2D eigenvalue weighted by Crippen LogP contribution is -2.27. The van der Waals surface area contributed by atoms with Gasteiger partial charge in [0.25, 0.3) is 0 Å². The van der Waals surface area contributed by atoms with Crippen LogP contribution in [0.2, 0.25) is 0 Å². The van der Waals surface area contributed by atoms with Crippen molar-refractivity contribution in [2.75, 3.05) is 13.6 Å². The number of hydrogen-bond acceptors (Lipinski definition) is 3. The Kier molecular flexibility index (Phi) is 4.30. The average Bonchev–Trinajstić information content (AvgIpc) is 3.30. The normalized spacial score (nSPS) is 14.6. The first-order valence-electron chi connectivity index (χ1n) is 9.57. The van der Waals surface area contributed by atoms with Gasteiger partial charge in [0.1, 0.15) is 0 Å². The van der Waals surface area contributed by atoms with Gasteiger partial charge < -0.3 is 9.47 Å². The van der Waals surface area contributed by atoms with E-state index in [0.29, 0.717) is 0 Å². The summed E-state index contributed by atoms with van der Waals surface area (Å²) in [4.78, 5) is 7.30. The Labute approximate surface area is 163 Å². The molecule has 0 bridgehead atoms. The molecular weight excluding hydrogens is 350 g/mol. The van der Waals surface area contributed by atoms with E-state index in [1.54, 1.807) is 11.3 Å². The molecule has 0 amide bonds. The smallest absolute Gasteiger partial charge is 0.0950 e. The summed E-state index contributed by atoms with van der Waals surface area (Å²) in [6.07, 6.45) is 2.12. The predicted octanol–water partition coefficient (Wildman–Crippen LogP) is 5.00. The summed E-state index contributed by atoms with van der Waals surface area (Å²) in [6, 6.07) is 19.3. The van der Waals surface area contributed by atoms with E-state index < -0.39 is 0 Å². The standard InChI is InChI=1S/C23H23N3S/c1-25-13-11-22-19(15-25)18-9-5-6-10-21(18)26(22)14-12-23-24-20(16-27-23)17-7-3-2-4-8-17/h2-10,16H,11-15H2,1H3. The zero-order valence-electron chi connectivity index (χ0n) is 15.6. The van der Waals surface area contributed by atoms with Crippen LogP contribution in [0, 0.1) is 0 Å². The summed E-state index contributed by atoms with van der Waals surface area (Å²) in [6.45, 7) is 3.19. The summed E-state index contributed by atoms with van der Waals surface area (Å²) in [7, 11) is 2.22. The molecule has 2 aromatic heterocycles. The number of fused-ring (bicyclic) bond motifs is 3. The lowest BCUT2D eigenvalue weighted by molar-refractivity contribution is 0.309. The highest BCUT2D eigenvalue weighted by molar-refractivity contribution is 7.09. The van der Waals surface area contributed by atoms with Crippen LogP contribution in [0.25, 0.3) is 22.2 Å². The van der Waals surface area contributed by atoms with Gasteiger partial charge in [-0.15, -0.1) is 11.3 Å². The molecule has 0 aliphatic carbocycles. The molecule has 3 heterocycles. The number of nitrogens with zero attached hydrogens (tertiary/aromatic N) is 3. The fourth-order valence-corrected chi connectivity index (χ4v) is 4.96. The molecule has 1 aliphatic rings. The van der Waals surface area contributed by atoms with Crippen molar-refractivity contribution in [2.45, 2.75) is 25.9 Å². The molecule has 0 saturated carbocycles. The van der Waals surface area contributed by atoms with Crippen molar-refractivity contribution in [3.63, 3.8) is 0 Å². The highest BCUT2D eigenvalue weighted by Gasteiger charge is 2.22. The number of aryl methyl sites for hydroxylation is 2. The summed E-state index contributed by atoms with van der Waals surface area (Å²) in [5, 5.41) is 4.82. The lowest BCUT2D eigenvalue weighted by atomic mass is 10.1. The minimum Gasteiger partial charge on any atom is -0.344 e. The number of aromatic nitrogens is 2. The molecule has 0 N–H and O–H groups in total. The zero-order chi connectivity index (χ0) is 18.2. The van der Waals surface area contributed by atoms with E-state index in [-0.39, 0.29) is 0 Å². The number of hydrogen-bond donors (Lipinski definition) is 0. The van der Waals surface area contributed by atoms with Gasteiger partial charge in [-0.2, -0.15) is 0 Å². The van der Waals surface area contributed by atoms with Gasteiger partial charge in [-0.05, 0) is 18.7 Å². The molecule has 3 nitrogen and oxygen atoms in total. The maximum Gasteiger partial charge on any atom is 0.0950 e. The van der Waals surface area contributed by atoms with Crippen molar-refractivity contribution >= 4 is 22.2 Å². The molecule has 5 rings (SSSR count).